The van der Waals surface area contributed by atoms with Gasteiger partial charge in [0.25, 0.3) is 0 Å². The summed E-state index contributed by atoms with van der Waals surface area (Å²) in [6.45, 7) is 0. The molecule has 0 aliphatic heterocycles. The Labute approximate surface area is 309 Å². The third kappa shape index (κ3) is 4.92. The second-order valence-electron chi connectivity index (χ2n) is 13.4. The average molecular weight is 695 g/mol. The van der Waals surface area contributed by atoms with Crippen LogP contribution in [-0.2, 0) is 0 Å². The van der Waals surface area contributed by atoms with E-state index in [1.54, 1.807) is 0 Å². The van der Waals surface area contributed by atoms with E-state index < -0.39 is 0 Å². The molecule has 0 unspecified atom stereocenters. The van der Waals surface area contributed by atoms with E-state index in [1.165, 1.54) is 0 Å². The summed E-state index contributed by atoms with van der Waals surface area (Å²) in [6, 6.07) is 58.3. The molecule has 0 aliphatic rings. The highest BCUT2D eigenvalue weighted by Crippen LogP contribution is 2.34. The number of hydrogen-bond acceptors (Lipinski definition) is 4. The summed E-state index contributed by atoms with van der Waals surface area (Å²) < 4.78 is 4.46. The van der Waals surface area contributed by atoms with E-state index in [2.05, 4.69) is 128 Å². The number of fused-ring (bicyclic) bond motifs is 4. The van der Waals surface area contributed by atoms with Crippen LogP contribution in [0.25, 0.3) is 101 Å². The molecular weight excluding hydrogens is 665 g/mol. The Bertz CT molecular complexity index is 2860. The molecule has 254 valence electrons. The van der Waals surface area contributed by atoms with Gasteiger partial charge in [-0.2, -0.15) is 0 Å². The number of nitrogens with one attached hydrogen (secondary N) is 2. The van der Waals surface area contributed by atoms with E-state index in [-0.39, 0.29) is 0 Å². The van der Waals surface area contributed by atoms with E-state index in [1.807, 2.05) is 60.7 Å². The predicted molar refractivity (Wildman–Crippen MR) is 217 cm³/mol. The van der Waals surface area contributed by atoms with Gasteiger partial charge in [-0.25, -0.2) is 19.9 Å². The monoisotopic (exact) mass is 694 g/mol. The molecule has 54 heavy (non-hydrogen) atoms. The van der Waals surface area contributed by atoms with Crippen LogP contribution >= 0.6 is 0 Å². The van der Waals surface area contributed by atoms with Crippen LogP contribution < -0.4 is 0 Å². The highest BCUT2D eigenvalue weighted by molar-refractivity contribution is 5.86. The van der Waals surface area contributed by atoms with Gasteiger partial charge < -0.3 is 9.97 Å². The van der Waals surface area contributed by atoms with Crippen LogP contribution in [0.3, 0.4) is 0 Å². The lowest BCUT2D eigenvalue weighted by atomic mass is 10.1. The maximum atomic E-state index is 5.13. The van der Waals surface area contributed by atoms with E-state index in [9.17, 15) is 0 Å². The van der Waals surface area contributed by atoms with Crippen LogP contribution in [0.15, 0.2) is 170 Å². The first-order valence-corrected chi connectivity index (χ1v) is 17.9. The summed E-state index contributed by atoms with van der Waals surface area (Å²) in [6.07, 6.45) is 0. The quantitative estimate of drug-likeness (QED) is 0.181. The molecule has 4 heterocycles. The minimum absolute atomic E-state index is 0.849. The standard InChI is InChI=1S/C46H30N8/c1-2-10-36-35(9-1)47-43(48-36)29-21-25-33(26-22-29)53-41-15-7-5-13-39(41)51-45(53)31-17-19-32(20-18-31)46-52-40-14-6-8-16-42(40)54(46)34-27-23-30(24-28-34)44-49-37-11-3-4-12-38(37)50-44/h1-28H,(H,47,48)(H,49,50). The first-order chi connectivity index (χ1) is 26.7. The third-order valence-electron chi connectivity index (χ3n) is 10.1. The van der Waals surface area contributed by atoms with Crippen LogP contribution in [0.5, 0.6) is 0 Å². The van der Waals surface area contributed by atoms with Gasteiger partial charge in [-0.05, 0) is 97.1 Å². The summed E-state index contributed by atoms with van der Waals surface area (Å²) >= 11 is 0. The Hall–Kier alpha value is -7.58. The largest absolute Gasteiger partial charge is 0.338 e. The minimum Gasteiger partial charge on any atom is -0.338 e. The summed E-state index contributed by atoms with van der Waals surface area (Å²) in [4.78, 5) is 26.8. The molecule has 11 rings (SSSR count). The van der Waals surface area contributed by atoms with Gasteiger partial charge in [0.05, 0.1) is 44.1 Å². The maximum Gasteiger partial charge on any atom is 0.145 e. The van der Waals surface area contributed by atoms with Crippen LogP contribution in [0, 0.1) is 0 Å². The van der Waals surface area contributed by atoms with E-state index in [0.717, 1.165) is 101 Å². The molecule has 0 saturated heterocycles. The molecule has 0 amide bonds. The zero-order valence-corrected chi connectivity index (χ0v) is 28.8. The molecule has 0 spiro atoms. The maximum absolute atomic E-state index is 5.13. The van der Waals surface area contributed by atoms with Crippen molar-refractivity contribution in [3.63, 3.8) is 0 Å². The molecule has 0 bridgehead atoms. The van der Waals surface area contributed by atoms with Gasteiger partial charge in [-0.15, -0.1) is 0 Å². The van der Waals surface area contributed by atoms with Crippen LogP contribution in [-0.4, -0.2) is 39.0 Å². The second kappa shape index (κ2) is 12.0. The topological polar surface area (TPSA) is 93.0 Å². The van der Waals surface area contributed by atoms with Gasteiger partial charge >= 0.3 is 0 Å². The lowest BCUT2D eigenvalue weighted by Crippen LogP contribution is -1.99. The van der Waals surface area contributed by atoms with Gasteiger partial charge in [0.2, 0.25) is 0 Å². The van der Waals surface area contributed by atoms with E-state index >= 15 is 0 Å². The normalized spacial score (nSPS) is 11.7. The number of imidazole rings is 4. The SMILES string of the molecule is c1ccc2[nH]c(-c3ccc(-n4c(-c5ccc(-c6nc7ccccc7n6-c6ccc(-c7nc8ccccc8[nH]7)cc6)cc5)nc5ccccc54)cc3)nc2c1. The van der Waals surface area contributed by atoms with Gasteiger partial charge in [-0.1, -0.05) is 72.8 Å². The Balaban J connectivity index is 0.965. The van der Waals surface area contributed by atoms with Crippen molar-refractivity contribution in [1.29, 1.82) is 0 Å². The Morgan fingerprint density at radius 2 is 0.667 bits per heavy atom. The number of H-pyrrole nitrogens is 2. The van der Waals surface area contributed by atoms with Gasteiger partial charge in [0.15, 0.2) is 0 Å². The van der Waals surface area contributed by atoms with Crippen LogP contribution in [0.4, 0.5) is 0 Å². The number of rotatable bonds is 6. The third-order valence-corrected chi connectivity index (χ3v) is 10.1. The minimum atomic E-state index is 0.849. The first kappa shape index (κ1) is 30.1. The molecule has 0 atom stereocenters. The zero-order valence-electron chi connectivity index (χ0n) is 28.8. The Morgan fingerprint density at radius 1 is 0.315 bits per heavy atom. The molecule has 7 aromatic carbocycles. The van der Waals surface area contributed by atoms with Crippen molar-refractivity contribution >= 4 is 44.1 Å². The van der Waals surface area contributed by atoms with Gasteiger partial charge in [-0.3, -0.25) is 9.13 Å². The average Bonchev–Trinajstić information content (AvgIpc) is 4.03. The molecule has 0 fully saturated rings. The Kier molecular flexibility index (Phi) is 6.69. The van der Waals surface area contributed by atoms with E-state index in [0.29, 0.717) is 0 Å². The van der Waals surface area contributed by atoms with Crippen molar-refractivity contribution in [2.75, 3.05) is 0 Å². The molecule has 11 aromatic rings. The molecule has 2 N–H and O–H groups in total. The number of benzene rings is 7. The number of para-hydroxylation sites is 8. The predicted octanol–water partition coefficient (Wildman–Crippen LogP) is 10.8. The second-order valence-corrected chi connectivity index (χ2v) is 13.4. The number of aromatic amines is 2. The van der Waals surface area contributed by atoms with Crippen LogP contribution in [0.1, 0.15) is 0 Å². The summed E-state index contributed by atoms with van der Waals surface area (Å²) in [5, 5.41) is 0. The number of nitrogens with zero attached hydrogens (tertiary/aromatic N) is 6. The molecule has 8 nitrogen and oxygen atoms in total. The molecule has 8 heteroatoms. The molecular formula is C46H30N8. The van der Waals surface area contributed by atoms with Crippen molar-refractivity contribution in [2.24, 2.45) is 0 Å². The van der Waals surface area contributed by atoms with Crippen molar-refractivity contribution in [3.05, 3.63) is 170 Å². The van der Waals surface area contributed by atoms with Crippen molar-refractivity contribution in [1.82, 2.24) is 39.0 Å². The van der Waals surface area contributed by atoms with E-state index in [4.69, 9.17) is 19.9 Å². The van der Waals surface area contributed by atoms with Crippen LogP contribution in [0.2, 0.25) is 0 Å². The highest BCUT2D eigenvalue weighted by atomic mass is 15.1. The Morgan fingerprint density at radius 3 is 1.07 bits per heavy atom. The van der Waals surface area contributed by atoms with Crippen molar-refractivity contribution < 1.29 is 0 Å². The summed E-state index contributed by atoms with van der Waals surface area (Å²) in [7, 11) is 0. The summed E-state index contributed by atoms with van der Waals surface area (Å²) in [5.41, 5.74) is 14.0. The summed E-state index contributed by atoms with van der Waals surface area (Å²) in [5.74, 6) is 3.44. The molecule has 0 saturated carbocycles. The fourth-order valence-electron chi connectivity index (χ4n) is 7.45. The number of aromatic nitrogens is 8. The van der Waals surface area contributed by atoms with Gasteiger partial charge in [0.1, 0.15) is 23.3 Å². The molecule has 4 aromatic heterocycles. The highest BCUT2D eigenvalue weighted by Gasteiger charge is 2.18. The smallest absolute Gasteiger partial charge is 0.145 e. The van der Waals surface area contributed by atoms with Crippen molar-refractivity contribution in [3.8, 4) is 56.9 Å². The van der Waals surface area contributed by atoms with Gasteiger partial charge in [0, 0.05) is 33.6 Å². The lowest BCUT2D eigenvalue weighted by molar-refractivity contribution is 1.09. The number of hydrogen-bond donors (Lipinski definition) is 2. The molecule has 0 radical (unpaired) electrons. The fraction of sp³-hybridized carbons (Fsp3) is 0. The lowest BCUT2D eigenvalue weighted by Gasteiger charge is -2.12. The first-order valence-electron chi connectivity index (χ1n) is 17.9. The zero-order chi connectivity index (χ0) is 35.6. The van der Waals surface area contributed by atoms with Crippen molar-refractivity contribution in [2.45, 2.75) is 0 Å². The fourth-order valence-corrected chi connectivity index (χ4v) is 7.45. The molecule has 0 aliphatic carbocycles.